The maximum atomic E-state index is 6.11. The third-order valence-electron chi connectivity index (χ3n) is 4.18. The molecule has 1 fully saturated rings. The lowest BCUT2D eigenvalue weighted by Crippen LogP contribution is -2.32. The van der Waals surface area contributed by atoms with Gasteiger partial charge in [0.15, 0.2) is 0 Å². The highest BCUT2D eigenvalue weighted by Gasteiger charge is 2.14. The average molecular weight is 297 g/mol. The molecule has 0 radical (unpaired) electrons. The van der Waals surface area contributed by atoms with Crippen molar-refractivity contribution in [1.82, 2.24) is 5.32 Å². The summed E-state index contributed by atoms with van der Waals surface area (Å²) in [5.41, 5.74) is 3.68. The summed E-state index contributed by atoms with van der Waals surface area (Å²) in [6.45, 7) is 2.79. The van der Waals surface area contributed by atoms with Crippen LogP contribution in [0.25, 0.3) is 11.1 Å². The number of hydrogen-bond acceptors (Lipinski definition) is 3. The van der Waals surface area contributed by atoms with Crippen LogP contribution in [0.2, 0.25) is 0 Å². The van der Waals surface area contributed by atoms with Crippen molar-refractivity contribution in [3.05, 3.63) is 54.1 Å². The molecule has 1 aliphatic heterocycles. The van der Waals surface area contributed by atoms with Crippen LogP contribution in [0.5, 0.6) is 5.75 Å². The Kier molecular flexibility index (Phi) is 5.09. The molecule has 0 amide bonds. The summed E-state index contributed by atoms with van der Waals surface area (Å²) in [7, 11) is 1.69. The van der Waals surface area contributed by atoms with Gasteiger partial charge in [-0.25, -0.2) is 0 Å². The fraction of sp³-hybridized carbons (Fsp3) is 0.368. The lowest BCUT2D eigenvalue weighted by molar-refractivity contribution is 0.0214. The van der Waals surface area contributed by atoms with Gasteiger partial charge in [-0.15, -0.1) is 0 Å². The highest BCUT2D eigenvalue weighted by Crippen LogP contribution is 2.26. The first-order chi connectivity index (χ1) is 10.9. The minimum absolute atomic E-state index is 0.380. The van der Waals surface area contributed by atoms with E-state index < -0.39 is 0 Å². The molecule has 0 bridgehead atoms. The zero-order valence-electron chi connectivity index (χ0n) is 13.0. The first-order valence-corrected chi connectivity index (χ1v) is 7.91. The quantitative estimate of drug-likeness (QED) is 0.914. The Balaban J connectivity index is 1.73. The Morgan fingerprint density at radius 1 is 1.00 bits per heavy atom. The van der Waals surface area contributed by atoms with E-state index in [1.165, 1.54) is 16.7 Å². The van der Waals surface area contributed by atoms with E-state index in [2.05, 4.69) is 41.7 Å². The van der Waals surface area contributed by atoms with E-state index in [4.69, 9.17) is 9.47 Å². The van der Waals surface area contributed by atoms with Gasteiger partial charge in [-0.1, -0.05) is 36.4 Å². The summed E-state index contributed by atoms with van der Waals surface area (Å²) in [6.07, 6.45) is 2.58. The molecule has 0 spiro atoms. The second kappa shape index (κ2) is 7.43. The number of rotatable bonds is 5. The van der Waals surface area contributed by atoms with Gasteiger partial charge < -0.3 is 14.8 Å². The summed E-state index contributed by atoms with van der Waals surface area (Å²) in [5, 5.41) is 3.37. The standard InChI is InChI=1S/C19H23NO2/c1-21-17-8-6-15(7-9-17)19-5-3-2-4-16(19)14-22-18-10-12-20-13-11-18/h2-9,18,20H,10-14H2,1H3. The van der Waals surface area contributed by atoms with E-state index in [1.807, 2.05) is 12.1 Å². The van der Waals surface area contributed by atoms with Crippen molar-refractivity contribution < 1.29 is 9.47 Å². The van der Waals surface area contributed by atoms with Crippen LogP contribution in [-0.2, 0) is 11.3 Å². The molecule has 3 rings (SSSR count). The van der Waals surface area contributed by atoms with E-state index in [1.54, 1.807) is 7.11 Å². The van der Waals surface area contributed by atoms with Gasteiger partial charge in [-0.2, -0.15) is 0 Å². The molecule has 1 saturated heterocycles. The van der Waals surface area contributed by atoms with Crippen molar-refractivity contribution in [1.29, 1.82) is 0 Å². The van der Waals surface area contributed by atoms with Gasteiger partial charge in [-0.05, 0) is 54.8 Å². The maximum Gasteiger partial charge on any atom is 0.118 e. The van der Waals surface area contributed by atoms with Crippen LogP contribution in [0.1, 0.15) is 18.4 Å². The van der Waals surface area contributed by atoms with Gasteiger partial charge in [0.25, 0.3) is 0 Å². The molecule has 1 aliphatic rings. The van der Waals surface area contributed by atoms with E-state index >= 15 is 0 Å². The lowest BCUT2D eigenvalue weighted by atomic mass is 10.00. The molecule has 2 aromatic carbocycles. The molecule has 3 heteroatoms. The van der Waals surface area contributed by atoms with Crippen molar-refractivity contribution in [3.63, 3.8) is 0 Å². The molecule has 0 unspecified atom stereocenters. The van der Waals surface area contributed by atoms with Crippen LogP contribution in [0, 0.1) is 0 Å². The van der Waals surface area contributed by atoms with Crippen LogP contribution < -0.4 is 10.1 Å². The predicted molar refractivity (Wildman–Crippen MR) is 89.1 cm³/mol. The molecule has 0 aliphatic carbocycles. The normalized spacial score (nSPS) is 15.7. The molecule has 1 heterocycles. The number of benzene rings is 2. The largest absolute Gasteiger partial charge is 0.497 e. The zero-order chi connectivity index (χ0) is 15.2. The second-order valence-electron chi connectivity index (χ2n) is 5.65. The molecule has 1 N–H and O–H groups in total. The van der Waals surface area contributed by atoms with Crippen molar-refractivity contribution in [2.75, 3.05) is 20.2 Å². The predicted octanol–water partition coefficient (Wildman–Crippen LogP) is 3.63. The average Bonchev–Trinajstić information content (AvgIpc) is 2.61. The van der Waals surface area contributed by atoms with E-state index in [0.717, 1.165) is 31.7 Å². The van der Waals surface area contributed by atoms with Gasteiger partial charge in [-0.3, -0.25) is 0 Å². The first-order valence-electron chi connectivity index (χ1n) is 7.91. The minimum Gasteiger partial charge on any atom is -0.497 e. The van der Waals surface area contributed by atoms with Gasteiger partial charge in [0.1, 0.15) is 5.75 Å². The molecule has 22 heavy (non-hydrogen) atoms. The topological polar surface area (TPSA) is 30.5 Å². The van der Waals surface area contributed by atoms with Gasteiger partial charge in [0.2, 0.25) is 0 Å². The molecule has 3 nitrogen and oxygen atoms in total. The number of nitrogens with one attached hydrogen (secondary N) is 1. The first kappa shape index (κ1) is 15.1. The Morgan fingerprint density at radius 3 is 2.45 bits per heavy atom. The Bertz CT molecular complexity index is 589. The third-order valence-corrected chi connectivity index (χ3v) is 4.18. The van der Waals surface area contributed by atoms with Crippen molar-refractivity contribution in [2.45, 2.75) is 25.6 Å². The van der Waals surface area contributed by atoms with Crippen LogP contribution in [0.3, 0.4) is 0 Å². The van der Waals surface area contributed by atoms with Crippen LogP contribution in [0.15, 0.2) is 48.5 Å². The Labute approximate surface area is 132 Å². The highest BCUT2D eigenvalue weighted by atomic mass is 16.5. The van der Waals surface area contributed by atoms with Crippen molar-refractivity contribution in [3.8, 4) is 16.9 Å². The van der Waals surface area contributed by atoms with Crippen molar-refractivity contribution >= 4 is 0 Å². The number of hydrogen-bond donors (Lipinski definition) is 1. The van der Waals surface area contributed by atoms with E-state index in [0.29, 0.717) is 12.7 Å². The summed E-state index contributed by atoms with van der Waals surface area (Å²) < 4.78 is 11.3. The third kappa shape index (κ3) is 3.67. The second-order valence-corrected chi connectivity index (χ2v) is 5.65. The van der Waals surface area contributed by atoms with E-state index in [-0.39, 0.29) is 0 Å². The summed E-state index contributed by atoms with van der Waals surface area (Å²) in [6, 6.07) is 16.7. The Morgan fingerprint density at radius 2 is 1.73 bits per heavy atom. The van der Waals surface area contributed by atoms with Gasteiger partial charge in [0.05, 0.1) is 19.8 Å². The zero-order valence-corrected chi connectivity index (χ0v) is 13.0. The number of piperidine rings is 1. The summed E-state index contributed by atoms with van der Waals surface area (Å²) in [5.74, 6) is 0.882. The maximum absolute atomic E-state index is 6.11. The highest BCUT2D eigenvalue weighted by molar-refractivity contribution is 5.67. The molecule has 0 atom stereocenters. The fourth-order valence-corrected chi connectivity index (χ4v) is 2.87. The molecular weight excluding hydrogens is 274 g/mol. The fourth-order valence-electron chi connectivity index (χ4n) is 2.87. The summed E-state index contributed by atoms with van der Waals surface area (Å²) >= 11 is 0. The molecule has 0 aromatic heterocycles. The molecular formula is C19H23NO2. The van der Waals surface area contributed by atoms with E-state index in [9.17, 15) is 0 Å². The molecule has 116 valence electrons. The van der Waals surface area contributed by atoms with Crippen LogP contribution >= 0.6 is 0 Å². The Hall–Kier alpha value is -1.84. The monoisotopic (exact) mass is 297 g/mol. The van der Waals surface area contributed by atoms with Gasteiger partial charge >= 0.3 is 0 Å². The van der Waals surface area contributed by atoms with Crippen LogP contribution in [0.4, 0.5) is 0 Å². The minimum atomic E-state index is 0.380. The smallest absolute Gasteiger partial charge is 0.118 e. The molecule has 0 saturated carbocycles. The SMILES string of the molecule is COc1ccc(-c2ccccc2COC2CCNCC2)cc1. The molecule has 2 aromatic rings. The summed E-state index contributed by atoms with van der Waals surface area (Å²) in [4.78, 5) is 0. The van der Waals surface area contributed by atoms with Gasteiger partial charge in [0, 0.05) is 0 Å². The van der Waals surface area contributed by atoms with Crippen LogP contribution in [-0.4, -0.2) is 26.3 Å². The number of ether oxygens (including phenoxy) is 2. The number of methoxy groups -OCH3 is 1. The van der Waals surface area contributed by atoms with Crippen molar-refractivity contribution in [2.24, 2.45) is 0 Å². The lowest BCUT2D eigenvalue weighted by Gasteiger charge is -2.23.